The second-order valence-corrected chi connectivity index (χ2v) is 5.30. The Morgan fingerprint density at radius 3 is 2.96 bits per heavy atom. The number of aromatic amines is 1. The first-order chi connectivity index (χ1) is 11.3. The maximum absolute atomic E-state index is 12.7. The fraction of sp³-hybridized carbons (Fsp3) is 0.286. The molecular weight excluding hydrogens is 296 g/mol. The predicted molar refractivity (Wildman–Crippen MR) is 78.5 cm³/mol. The summed E-state index contributed by atoms with van der Waals surface area (Å²) in [4.78, 5) is 22.9. The molecule has 1 aliphatic heterocycles. The van der Waals surface area contributed by atoms with E-state index in [1.54, 1.807) is 12.4 Å². The number of amides is 1. The minimum Gasteiger partial charge on any atom is -0.329 e. The van der Waals surface area contributed by atoms with E-state index in [1.807, 2.05) is 17.0 Å². The Labute approximate surface area is 131 Å². The van der Waals surface area contributed by atoms with Gasteiger partial charge in [0.05, 0.1) is 6.04 Å². The highest BCUT2D eigenvalue weighted by atomic mass is 16.2. The molecule has 1 saturated heterocycles. The van der Waals surface area contributed by atoms with E-state index in [9.17, 15) is 4.79 Å². The summed E-state index contributed by atoms with van der Waals surface area (Å²) in [5, 5.41) is 14.1. The average Bonchev–Trinajstić information content (AvgIpc) is 3.35. The number of carbonyl (C=O) groups excluding carboxylic acids is 1. The highest BCUT2D eigenvalue weighted by Crippen LogP contribution is 2.32. The fourth-order valence-electron chi connectivity index (χ4n) is 2.83. The maximum atomic E-state index is 12.7. The lowest BCUT2D eigenvalue weighted by molar-refractivity contribution is 0.0723. The van der Waals surface area contributed by atoms with Crippen molar-refractivity contribution in [3.05, 3.63) is 48.6 Å². The van der Waals surface area contributed by atoms with Crippen molar-refractivity contribution in [2.24, 2.45) is 0 Å². The van der Waals surface area contributed by atoms with Gasteiger partial charge in [-0.05, 0) is 24.5 Å². The highest BCUT2D eigenvalue weighted by molar-refractivity contribution is 5.91. The number of rotatable bonds is 3. The molecule has 1 N–H and O–H groups in total. The molecule has 1 unspecified atom stereocenters. The van der Waals surface area contributed by atoms with Gasteiger partial charge in [-0.1, -0.05) is 6.07 Å². The number of hydrogen-bond acceptors (Lipinski definition) is 6. The molecule has 1 aliphatic rings. The molecule has 0 bridgehead atoms. The van der Waals surface area contributed by atoms with Crippen LogP contribution in [0.5, 0.6) is 0 Å². The number of aromatic nitrogens is 7. The number of carbonyl (C=O) groups is 1. The van der Waals surface area contributed by atoms with Gasteiger partial charge in [0.25, 0.3) is 11.9 Å². The summed E-state index contributed by atoms with van der Waals surface area (Å²) in [5.41, 5.74) is 1.04. The summed E-state index contributed by atoms with van der Waals surface area (Å²) in [7, 11) is 0. The number of likely N-dealkylation sites (tertiary alicyclic amines) is 1. The van der Waals surface area contributed by atoms with Gasteiger partial charge in [0, 0.05) is 18.9 Å². The molecule has 3 aromatic rings. The van der Waals surface area contributed by atoms with Gasteiger partial charge in [0.15, 0.2) is 0 Å². The van der Waals surface area contributed by atoms with Gasteiger partial charge < -0.3 is 4.90 Å². The standard InChI is InChI=1S/C14H14N8O/c23-13(12-18-14(20-19-12)21-8-16-17-9-21)22-6-2-4-11(22)10-3-1-5-15-7-10/h1,3,5,7-9,11H,2,4,6H2,(H,18,19,20). The van der Waals surface area contributed by atoms with Gasteiger partial charge in [0.2, 0.25) is 5.82 Å². The quantitative estimate of drug-likeness (QED) is 0.765. The van der Waals surface area contributed by atoms with E-state index in [4.69, 9.17) is 0 Å². The molecule has 1 fully saturated rings. The smallest absolute Gasteiger partial charge is 0.291 e. The zero-order chi connectivity index (χ0) is 15.6. The molecule has 0 saturated carbocycles. The Kier molecular flexibility index (Phi) is 3.30. The number of pyridine rings is 1. The van der Waals surface area contributed by atoms with Crippen molar-refractivity contribution >= 4 is 5.91 Å². The number of nitrogens with one attached hydrogen (secondary N) is 1. The van der Waals surface area contributed by atoms with Crippen LogP contribution >= 0.6 is 0 Å². The molecule has 9 nitrogen and oxygen atoms in total. The second kappa shape index (κ2) is 5.59. The van der Waals surface area contributed by atoms with Crippen molar-refractivity contribution < 1.29 is 4.79 Å². The van der Waals surface area contributed by atoms with Crippen LogP contribution < -0.4 is 0 Å². The molecule has 0 aliphatic carbocycles. The van der Waals surface area contributed by atoms with Crippen molar-refractivity contribution in [3.8, 4) is 5.95 Å². The summed E-state index contributed by atoms with van der Waals surface area (Å²) in [6.45, 7) is 0.695. The first-order valence-corrected chi connectivity index (χ1v) is 7.31. The molecule has 0 aromatic carbocycles. The van der Waals surface area contributed by atoms with Crippen LogP contribution in [-0.4, -0.2) is 52.3 Å². The summed E-state index contributed by atoms with van der Waals surface area (Å²) < 4.78 is 1.54. The molecule has 1 atom stereocenters. The van der Waals surface area contributed by atoms with Gasteiger partial charge in [-0.3, -0.25) is 19.4 Å². The molecule has 116 valence electrons. The molecule has 3 aromatic heterocycles. The summed E-state index contributed by atoms with van der Waals surface area (Å²) in [5.74, 6) is 0.392. The minimum absolute atomic E-state index is 0.0275. The van der Waals surface area contributed by atoms with Crippen LogP contribution in [0.2, 0.25) is 0 Å². The average molecular weight is 310 g/mol. The normalized spacial score (nSPS) is 17.6. The highest BCUT2D eigenvalue weighted by Gasteiger charge is 2.32. The Morgan fingerprint density at radius 1 is 1.30 bits per heavy atom. The Hall–Kier alpha value is -3.10. The van der Waals surface area contributed by atoms with Crippen LogP contribution in [0.3, 0.4) is 0 Å². The van der Waals surface area contributed by atoms with Crippen molar-refractivity contribution in [1.82, 2.24) is 39.8 Å². The zero-order valence-electron chi connectivity index (χ0n) is 12.2. The predicted octanol–water partition coefficient (Wildman–Crippen LogP) is 0.758. The number of H-pyrrole nitrogens is 1. The van der Waals surface area contributed by atoms with Crippen molar-refractivity contribution in [2.75, 3.05) is 6.54 Å². The monoisotopic (exact) mass is 310 g/mol. The first kappa shape index (κ1) is 13.6. The van der Waals surface area contributed by atoms with Crippen molar-refractivity contribution in [3.63, 3.8) is 0 Å². The lowest BCUT2D eigenvalue weighted by Crippen LogP contribution is -2.31. The summed E-state index contributed by atoms with van der Waals surface area (Å²) >= 11 is 0. The molecular formula is C14H14N8O. The van der Waals surface area contributed by atoms with Gasteiger partial charge >= 0.3 is 0 Å². The molecule has 9 heteroatoms. The largest absolute Gasteiger partial charge is 0.329 e. The van der Waals surface area contributed by atoms with E-state index >= 15 is 0 Å². The van der Waals surface area contributed by atoms with Crippen LogP contribution in [-0.2, 0) is 0 Å². The fourth-order valence-corrected chi connectivity index (χ4v) is 2.83. The van der Waals surface area contributed by atoms with Crippen LogP contribution in [0.1, 0.15) is 35.1 Å². The van der Waals surface area contributed by atoms with Gasteiger partial charge in [-0.25, -0.2) is 0 Å². The third-order valence-electron chi connectivity index (χ3n) is 3.91. The van der Waals surface area contributed by atoms with E-state index < -0.39 is 0 Å². The minimum atomic E-state index is -0.164. The van der Waals surface area contributed by atoms with Crippen molar-refractivity contribution in [2.45, 2.75) is 18.9 Å². The Morgan fingerprint density at radius 2 is 2.17 bits per heavy atom. The van der Waals surface area contributed by atoms with Gasteiger partial charge in [-0.15, -0.1) is 15.3 Å². The number of hydrogen-bond donors (Lipinski definition) is 1. The Bertz CT molecular complexity index is 797. The molecule has 0 radical (unpaired) electrons. The van der Waals surface area contributed by atoms with E-state index in [2.05, 4.69) is 30.4 Å². The molecule has 4 rings (SSSR count). The van der Waals surface area contributed by atoms with Crippen LogP contribution in [0, 0.1) is 0 Å². The lowest BCUT2D eigenvalue weighted by atomic mass is 10.1. The third kappa shape index (κ3) is 2.45. The topological polar surface area (TPSA) is 105 Å². The lowest BCUT2D eigenvalue weighted by Gasteiger charge is -2.23. The van der Waals surface area contributed by atoms with Crippen molar-refractivity contribution in [1.29, 1.82) is 0 Å². The second-order valence-electron chi connectivity index (χ2n) is 5.30. The van der Waals surface area contributed by atoms with Crippen LogP contribution in [0.4, 0.5) is 0 Å². The SMILES string of the molecule is O=C(c1nc(-n2cnnc2)n[nH]1)N1CCCC1c1cccnc1. The van der Waals surface area contributed by atoms with Crippen LogP contribution in [0.15, 0.2) is 37.2 Å². The van der Waals surface area contributed by atoms with E-state index in [-0.39, 0.29) is 17.8 Å². The van der Waals surface area contributed by atoms with Crippen LogP contribution in [0.25, 0.3) is 5.95 Å². The first-order valence-electron chi connectivity index (χ1n) is 7.31. The zero-order valence-corrected chi connectivity index (χ0v) is 12.2. The third-order valence-corrected chi connectivity index (χ3v) is 3.91. The molecule has 23 heavy (non-hydrogen) atoms. The Balaban J connectivity index is 1.59. The van der Waals surface area contributed by atoms with E-state index in [1.165, 1.54) is 17.2 Å². The summed E-state index contributed by atoms with van der Waals surface area (Å²) in [6, 6.07) is 3.90. The van der Waals surface area contributed by atoms with Gasteiger partial charge in [0.1, 0.15) is 12.7 Å². The maximum Gasteiger partial charge on any atom is 0.291 e. The van der Waals surface area contributed by atoms with Gasteiger partial charge in [-0.2, -0.15) is 4.98 Å². The molecule has 0 spiro atoms. The summed E-state index contributed by atoms with van der Waals surface area (Å²) in [6.07, 6.45) is 8.37. The number of nitrogens with zero attached hydrogens (tertiary/aromatic N) is 7. The van der Waals surface area contributed by atoms with E-state index in [0.717, 1.165) is 18.4 Å². The van der Waals surface area contributed by atoms with E-state index in [0.29, 0.717) is 12.5 Å². The molecule has 1 amide bonds. The molecule has 4 heterocycles.